The van der Waals surface area contributed by atoms with Crippen molar-refractivity contribution in [3.05, 3.63) is 102 Å². The van der Waals surface area contributed by atoms with Crippen molar-refractivity contribution >= 4 is 40.4 Å². The predicted octanol–water partition coefficient (Wildman–Crippen LogP) is 6.54. The summed E-state index contributed by atoms with van der Waals surface area (Å²) in [6.45, 7) is 4.10. The first kappa shape index (κ1) is 35.0. The highest BCUT2D eigenvalue weighted by molar-refractivity contribution is 6.04. The Morgan fingerprint density at radius 1 is 1.04 bits per heavy atom. The van der Waals surface area contributed by atoms with E-state index in [0.29, 0.717) is 90.7 Å². The minimum absolute atomic E-state index is 0.0787. The van der Waals surface area contributed by atoms with Crippen molar-refractivity contribution in [2.75, 3.05) is 50.2 Å². The van der Waals surface area contributed by atoms with E-state index in [4.69, 9.17) is 18.9 Å². The zero-order chi connectivity index (χ0) is 35.9. The number of amides is 2. The summed E-state index contributed by atoms with van der Waals surface area (Å²) >= 11 is 0. The molecule has 13 heteroatoms. The average molecular weight is 699 g/mol. The first-order valence-electron chi connectivity index (χ1n) is 16.4. The maximum atomic E-state index is 15.4. The molecule has 0 aliphatic carbocycles. The molecule has 0 radical (unpaired) electrons. The number of halogens is 2. The molecule has 0 spiro atoms. The standard InChI is InChI=1S/C38H36F2N4O7/c1-24(37-25(12-16-50-37)21-44(23-45)28-8-5-26(39)6-9-28)38(47)42-27-7-10-34(31(40)18-27)51-33-11-13-41-32-20-36(35(48-2)19-30(32)33)49-17-15-43-14-3-4-29(46)22-43/h5-11,13,18-21,23H,3-4,12,14-17,22H2,1-2H3,(H,42,47)/b25-21-,37-24-. The van der Waals surface area contributed by atoms with E-state index >= 15 is 4.39 Å². The number of carbonyl (C=O) groups excluding carboxylic acids is 3. The van der Waals surface area contributed by atoms with Crippen molar-refractivity contribution in [1.82, 2.24) is 9.88 Å². The van der Waals surface area contributed by atoms with Gasteiger partial charge in [-0.25, -0.2) is 8.78 Å². The number of fused-ring (bicyclic) bond motifs is 1. The highest BCUT2D eigenvalue weighted by Crippen LogP contribution is 2.38. The zero-order valence-electron chi connectivity index (χ0n) is 28.1. The van der Waals surface area contributed by atoms with Crippen LogP contribution in [0.4, 0.5) is 20.2 Å². The third-order valence-corrected chi connectivity index (χ3v) is 8.52. The molecule has 4 aromatic rings. The number of pyridine rings is 1. The van der Waals surface area contributed by atoms with Crippen molar-refractivity contribution in [2.24, 2.45) is 0 Å². The molecular weight excluding hydrogens is 662 g/mol. The summed E-state index contributed by atoms with van der Waals surface area (Å²) in [5, 5.41) is 3.25. The Hall–Kier alpha value is -5.82. The molecular formula is C38H36F2N4O7. The summed E-state index contributed by atoms with van der Waals surface area (Å²) in [6, 6.07) is 14.5. The molecule has 3 heterocycles. The molecule has 51 heavy (non-hydrogen) atoms. The van der Waals surface area contributed by atoms with Crippen LogP contribution in [0.2, 0.25) is 0 Å². The molecule has 0 saturated carbocycles. The van der Waals surface area contributed by atoms with Gasteiger partial charge in [-0.3, -0.25) is 29.2 Å². The van der Waals surface area contributed by atoms with Crippen LogP contribution in [-0.4, -0.2) is 67.9 Å². The number of ketones is 1. The summed E-state index contributed by atoms with van der Waals surface area (Å²) in [6.07, 6.45) is 5.57. The SMILES string of the molecule is COc1cc2c(Oc3ccc(NC(=O)/C(C)=C4\OCC\C4=C\N(C=O)c4ccc(F)cc4)cc3F)ccnc2cc1OCCN1CCCC(=O)C1. The second-order valence-corrected chi connectivity index (χ2v) is 12.0. The molecule has 1 N–H and O–H groups in total. The van der Waals surface area contributed by atoms with Crippen LogP contribution in [0.5, 0.6) is 23.0 Å². The Morgan fingerprint density at radius 2 is 1.86 bits per heavy atom. The van der Waals surface area contributed by atoms with E-state index in [0.717, 1.165) is 19.0 Å². The number of allylic oxidation sites excluding steroid dienone is 1. The molecule has 0 atom stereocenters. The fourth-order valence-corrected chi connectivity index (χ4v) is 5.87. The van der Waals surface area contributed by atoms with Gasteiger partial charge in [0.2, 0.25) is 6.41 Å². The lowest BCUT2D eigenvalue weighted by Gasteiger charge is -2.25. The molecule has 11 nitrogen and oxygen atoms in total. The van der Waals surface area contributed by atoms with Crippen LogP contribution in [0.3, 0.4) is 0 Å². The number of hydrogen-bond acceptors (Lipinski definition) is 9. The number of anilines is 2. The van der Waals surface area contributed by atoms with E-state index in [2.05, 4.69) is 15.2 Å². The van der Waals surface area contributed by atoms with Crippen LogP contribution in [0.1, 0.15) is 26.2 Å². The second-order valence-electron chi connectivity index (χ2n) is 12.0. The number of rotatable bonds is 12. The number of benzene rings is 3. The van der Waals surface area contributed by atoms with E-state index < -0.39 is 17.5 Å². The first-order chi connectivity index (χ1) is 24.7. The number of hydrogen-bond donors (Lipinski definition) is 1. The van der Waals surface area contributed by atoms with E-state index in [9.17, 15) is 18.8 Å². The van der Waals surface area contributed by atoms with Crippen LogP contribution in [-0.2, 0) is 19.1 Å². The van der Waals surface area contributed by atoms with Gasteiger partial charge in [0, 0.05) is 66.3 Å². The Morgan fingerprint density at radius 3 is 2.61 bits per heavy atom. The molecule has 1 aromatic heterocycles. The maximum absolute atomic E-state index is 15.4. The minimum Gasteiger partial charge on any atom is -0.493 e. The van der Waals surface area contributed by atoms with E-state index in [-0.39, 0.29) is 22.8 Å². The van der Waals surface area contributed by atoms with Gasteiger partial charge >= 0.3 is 0 Å². The zero-order valence-corrected chi connectivity index (χ0v) is 28.1. The molecule has 3 aromatic carbocycles. The van der Waals surface area contributed by atoms with Gasteiger partial charge in [0.15, 0.2) is 23.1 Å². The largest absolute Gasteiger partial charge is 0.493 e. The Bertz CT molecular complexity index is 2020. The van der Waals surface area contributed by atoms with Crippen LogP contribution < -0.4 is 24.4 Å². The summed E-state index contributed by atoms with van der Waals surface area (Å²) < 4.78 is 52.0. The fraction of sp³-hybridized carbons (Fsp3) is 0.263. The summed E-state index contributed by atoms with van der Waals surface area (Å²) in [5.41, 5.74) is 2.00. The van der Waals surface area contributed by atoms with Crippen molar-refractivity contribution in [3.63, 3.8) is 0 Å². The molecule has 2 aliphatic heterocycles. The predicted molar refractivity (Wildman–Crippen MR) is 186 cm³/mol. The Balaban J connectivity index is 1.14. The number of Topliss-reactive ketones (excluding diaryl/α,β-unsaturated/α-hetero) is 1. The van der Waals surface area contributed by atoms with Crippen LogP contribution in [0.25, 0.3) is 10.9 Å². The maximum Gasteiger partial charge on any atom is 0.255 e. The molecule has 0 bridgehead atoms. The van der Waals surface area contributed by atoms with Crippen LogP contribution >= 0.6 is 0 Å². The smallest absolute Gasteiger partial charge is 0.255 e. The number of nitrogens with zero attached hydrogens (tertiary/aromatic N) is 3. The van der Waals surface area contributed by atoms with Crippen LogP contribution in [0, 0.1) is 11.6 Å². The molecule has 2 aliphatic rings. The average Bonchev–Trinajstić information content (AvgIpc) is 3.59. The number of methoxy groups -OCH3 is 1. The normalized spacial score (nSPS) is 16.5. The van der Waals surface area contributed by atoms with Crippen LogP contribution in [0.15, 0.2) is 90.0 Å². The van der Waals surface area contributed by atoms with Gasteiger partial charge < -0.3 is 24.3 Å². The number of nitrogens with one attached hydrogen (secondary N) is 1. The Labute approximate surface area is 293 Å². The van der Waals surface area contributed by atoms with Crippen molar-refractivity contribution in [3.8, 4) is 23.0 Å². The molecule has 264 valence electrons. The molecule has 6 rings (SSSR count). The number of piperidine rings is 1. The van der Waals surface area contributed by atoms with E-state index in [1.54, 1.807) is 25.1 Å². The topological polar surface area (TPSA) is 120 Å². The number of carbonyl (C=O) groups is 3. The molecule has 2 amide bonds. The highest BCUT2D eigenvalue weighted by Gasteiger charge is 2.24. The van der Waals surface area contributed by atoms with Gasteiger partial charge in [0.25, 0.3) is 5.91 Å². The van der Waals surface area contributed by atoms with Gasteiger partial charge in [-0.1, -0.05) is 0 Å². The van der Waals surface area contributed by atoms with Gasteiger partial charge in [-0.05, 0) is 68.4 Å². The van der Waals surface area contributed by atoms with Crippen molar-refractivity contribution in [1.29, 1.82) is 0 Å². The Kier molecular flexibility index (Phi) is 10.9. The van der Waals surface area contributed by atoms with Gasteiger partial charge in [-0.2, -0.15) is 0 Å². The quantitative estimate of drug-likeness (QED) is 0.130. The molecule has 0 unspecified atom stereocenters. The summed E-state index contributed by atoms with van der Waals surface area (Å²) in [7, 11) is 1.52. The third-order valence-electron chi connectivity index (χ3n) is 8.52. The van der Waals surface area contributed by atoms with Crippen molar-refractivity contribution in [2.45, 2.75) is 26.2 Å². The third kappa shape index (κ3) is 8.32. The monoisotopic (exact) mass is 698 g/mol. The van der Waals surface area contributed by atoms with E-state index in [1.807, 2.05) is 0 Å². The van der Waals surface area contributed by atoms with Crippen molar-refractivity contribution < 1.29 is 42.1 Å². The minimum atomic E-state index is -0.718. The lowest BCUT2D eigenvalue weighted by atomic mass is 10.1. The molecule has 2 fully saturated rings. The lowest BCUT2D eigenvalue weighted by molar-refractivity contribution is -0.122. The fourth-order valence-electron chi connectivity index (χ4n) is 5.87. The van der Waals surface area contributed by atoms with Gasteiger partial charge in [0.05, 0.1) is 31.4 Å². The second kappa shape index (κ2) is 15.8. The molecule has 2 saturated heterocycles. The lowest BCUT2D eigenvalue weighted by Crippen LogP contribution is -2.38. The highest BCUT2D eigenvalue weighted by atomic mass is 19.1. The summed E-state index contributed by atoms with van der Waals surface area (Å²) in [5.74, 6) is 0.0271. The van der Waals surface area contributed by atoms with E-state index in [1.165, 1.54) is 60.8 Å². The number of likely N-dealkylation sites (tertiary alicyclic amines) is 1. The van der Waals surface area contributed by atoms with Gasteiger partial charge in [-0.15, -0.1) is 0 Å². The summed E-state index contributed by atoms with van der Waals surface area (Å²) in [4.78, 5) is 44.5. The van der Waals surface area contributed by atoms with Gasteiger partial charge in [0.1, 0.15) is 29.7 Å². The first-order valence-corrected chi connectivity index (χ1v) is 16.4. The number of ether oxygens (including phenoxy) is 4. The number of aromatic nitrogens is 1.